The van der Waals surface area contributed by atoms with Crippen molar-refractivity contribution in [1.82, 2.24) is 5.32 Å². The maximum Gasteiger partial charge on any atom is 0.0290 e. The molecule has 0 amide bonds. The quantitative estimate of drug-likeness (QED) is 0.546. The molecule has 0 saturated carbocycles. The number of likely N-dealkylation sites (N-methyl/N-ethyl adjacent to an activating group) is 1. The van der Waals surface area contributed by atoms with Crippen molar-refractivity contribution < 1.29 is 0 Å². The number of nitrogens with one attached hydrogen (secondary N) is 1. The second-order valence-corrected chi connectivity index (χ2v) is 1.48. The maximum atomic E-state index is 3.62. The molecule has 1 N–H and O–H groups in total. The Bertz CT molecular complexity index is 92.6. The van der Waals surface area contributed by atoms with Gasteiger partial charge in [-0.3, -0.25) is 0 Å². The van der Waals surface area contributed by atoms with E-state index in [1.54, 1.807) is 0 Å². The predicted molar refractivity (Wildman–Crippen MR) is 37.6 cm³/mol. The van der Waals surface area contributed by atoms with Crippen molar-refractivity contribution in [3.63, 3.8) is 0 Å². The maximum absolute atomic E-state index is 3.62. The lowest BCUT2D eigenvalue weighted by Crippen LogP contribution is -2.09. The van der Waals surface area contributed by atoms with Crippen LogP contribution < -0.4 is 5.32 Å². The molecule has 0 radical (unpaired) electrons. The second kappa shape index (κ2) is 4.44. The first-order valence-corrected chi connectivity index (χ1v) is 2.87. The number of hydrogen-bond donors (Lipinski definition) is 1. The second-order valence-electron chi connectivity index (χ2n) is 1.48. The van der Waals surface area contributed by atoms with Crippen molar-refractivity contribution in [2.45, 2.75) is 13.8 Å². The molecule has 0 saturated heterocycles. The van der Waals surface area contributed by atoms with E-state index in [9.17, 15) is 0 Å². The van der Waals surface area contributed by atoms with Crippen LogP contribution in [0.3, 0.4) is 0 Å². The highest BCUT2D eigenvalue weighted by Gasteiger charge is 1.79. The molecule has 8 heavy (non-hydrogen) atoms. The third kappa shape index (κ3) is 2.45. The molecule has 0 bridgehead atoms. The third-order valence-corrected chi connectivity index (χ3v) is 0.912. The SMILES string of the molecule is C=C/C(=C\C)NCC. The van der Waals surface area contributed by atoms with Crippen molar-refractivity contribution in [3.8, 4) is 0 Å². The largest absolute Gasteiger partial charge is 0.386 e. The molecule has 0 aromatic carbocycles. The number of allylic oxidation sites excluding steroid dienone is 2. The van der Waals surface area contributed by atoms with E-state index in [0.717, 1.165) is 12.2 Å². The fourth-order valence-electron chi connectivity index (χ4n) is 0.496. The van der Waals surface area contributed by atoms with E-state index < -0.39 is 0 Å². The Morgan fingerprint density at radius 1 is 1.75 bits per heavy atom. The van der Waals surface area contributed by atoms with Gasteiger partial charge in [-0.25, -0.2) is 0 Å². The molecule has 0 heterocycles. The molecular weight excluding hydrogens is 98.1 g/mol. The van der Waals surface area contributed by atoms with Crippen molar-refractivity contribution >= 4 is 0 Å². The summed E-state index contributed by atoms with van der Waals surface area (Å²) in [4.78, 5) is 0. The highest BCUT2D eigenvalue weighted by Crippen LogP contribution is 1.85. The molecule has 0 rings (SSSR count). The normalized spacial score (nSPS) is 11.0. The first-order chi connectivity index (χ1) is 3.85. The van der Waals surface area contributed by atoms with Crippen LogP contribution in [0, 0.1) is 0 Å². The molecule has 0 fully saturated rings. The van der Waals surface area contributed by atoms with Gasteiger partial charge in [0.25, 0.3) is 0 Å². The van der Waals surface area contributed by atoms with Gasteiger partial charge in [-0.1, -0.05) is 12.7 Å². The Kier molecular flexibility index (Phi) is 4.04. The fourth-order valence-corrected chi connectivity index (χ4v) is 0.496. The van der Waals surface area contributed by atoms with Gasteiger partial charge in [0.05, 0.1) is 0 Å². The monoisotopic (exact) mass is 111 g/mol. The summed E-state index contributed by atoms with van der Waals surface area (Å²) < 4.78 is 0. The van der Waals surface area contributed by atoms with Crippen molar-refractivity contribution in [2.75, 3.05) is 6.54 Å². The van der Waals surface area contributed by atoms with Crippen molar-refractivity contribution in [3.05, 3.63) is 24.4 Å². The summed E-state index contributed by atoms with van der Waals surface area (Å²) in [6, 6.07) is 0. The van der Waals surface area contributed by atoms with Crippen LogP contribution in [0.4, 0.5) is 0 Å². The molecule has 1 heteroatoms. The minimum Gasteiger partial charge on any atom is -0.386 e. The minimum absolute atomic E-state index is 0.964. The van der Waals surface area contributed by atoms with Gasteiger partial charge >= 0.3 is 0 Å². The zero-order valence-electron chi connectivity index (χ0n) is 5.57. The van der Waals surface area contributed by atoms with Crippen molar-refractivity contribution in [2.24, 2.45) is 0 Å². The Labute approximate surface area is 51.1 Å². The van der Waals surface area contributed by atoms with Gasteiger partial charge in [-0.05, 0) is 19.9 Å². The zero-order chi connectivity index (χ0) is 6.41. The first kappa shape index (κ1) is 7.28. The Morgan fingerprint density at radius 3 is 2.50 bits per heavy atom. The van der Waals surface area contributed by atoms with E-state index in [0.29, 0.717) is 0 Å². The van der Waals surface area contributed by atoms with E-state index in [-0.39, 0.29) is 0 Å². The van der Waals surface area contributed by atoms with Crippen LogP contribution in [0.25, 0.3) is 0 Å². The zero-order valence-corrected chi connectivity index (χ0v) is 5.57. The van der Waals surface area contributed by atoms with Crippen LogP contribution in [0.15, 0.2) is 24.4 Å². The van der Waals surface area contributed by atoms with Crippen LogP contribution in [0.1, 0.15) is 13.8 Å². The van der Waals surface area contributed by atoms with Gasteiger partial charge in [-0.15, -0.1) is 0 Å². The summed E-state index contributed by atoms with van der Waals surface area (Å²) in [5.74, 6) is 0. The van der Waals surface area contributed by atoms with Gasteiger partial charge in [0.15, 0.2) is 0 Å². The topological polar surface area (TPSA) is 12.0 Å². The Morgan fingerprint density at radius 2 is 2.38 bits per heavy atom. The summed E-state index contributed by atoms with van der Waals surface area (Å²) in [6.07, 6.45) is 3.81. The molecule has 0 atom stereocenters. The average molecular weight is 111 g/mol. The highest BCUT2D eigenvalue weighted by molar-refractivity contribution is 5.12. The summed E-state index contributed by atoms with van der Waals surface area (Å²) >= 11 is 0. The van der Waals surface area contributed by atoms with Gasteiger partial charge in [0.2, 0.25) is 0 Å². The number of rotatable bonds is 3. The lowest BCUT2D eigenvalue weighted by Gasteiger charge is -1.99. The fraction of sp³-hybridized carbons (Fsp3) is 0.429. The third-order valence-electron chi connectivity index (χ3n) is 0.912. The van der Waals surface area contributed by atoms with Gasteiger partial charge in [0, 0.05) is 12.2 Å². The lowest BCUT2D eigenvalue weighted by atomic mass is 10.4. The van der Waals surface area contributed by atoms with E-state index >= 15 is 0 Å². The molecule has 46 valence electrons. The van der Waals surface area contributed by atoms with Crippen LogP contribution in [0.2, 0.25) is 0 Å². The van der Waals surface area contributed by atoms with E-state index in [4.69, 9.17) is 0 Å². The summed E-state index contributed by atoms with van der Waals surface area (Å²) in [6.45, 7) is 8.63. The molecule has 0 spiro atoms. The van der Waals surface area contributed by atoms with Crippen LogP contribution in [-0.2, 0) is 0 Å². The average Bonchev–Trinajstić information content (AvgIpc) is 1.83. The molecule has 0 aromatic heterocycles. The van der Waals surface area contributed by atoms with Crippen molar-refractivity contribution in [1.29, 1.82) is 0 Å². The highest BCUT2D eigenvalue weighted by atomic mass is 14.9. The summed E-state index contributed by atoms with van der Waals surface area (Å²) in [5.41, 5.74) is 1.10. The van der Waals surface area contributed by atoms with Crippen LogP contribution >= 0.6 is 0 Å². The smallest absolute Gasteiger partial charge is 0.0290 e. The van der Waals surface area contributed by atoms with E-state index in [1.807, 2.05) is 19.1 Å². The van der Waals surface area contributed by atoms with Gasteiger partial charge in [-0.2, -0.15) is 0 Å². The molecule has 0 unspecified atom stereocenters. The molecule has 0 aliphatic heterocycles. The van der Waals surface area contributed by atoms with E-state index in [1.165, 1.54) is 0 Å². The summed E-state index contributed by atoms with van der Waals surface area (Å²) in [5, 5.41) is 3.12. The lowest BCUT2D eigenvalue weighted by molar-refractivity contribution is 0.877. The standard InChI is InChI=1S/C7H13N/c1-4-7(5-2)8-6-3/h4-5,8H,1,6H2,2-3H3/b7-5+. The van der Waals surface area contributed by atoms with E-state index in [2.05, 4.69) is 18.8 Å². The van der Waals surface area contributed by atoms with Gasteiger partial charge < -0.3 is 5.32 Å². The number of hydrogen-bond acceptors (Lipinski definition) is 1. The molecular formula is C7H13N. The van der Waals surface area contributed by atoms with Crippen LogP contribution in [-0.4, -0.2) is 6.54 Å². The molecule has 0 aliphatic carbocycles. The first-order valence-electron chi connectivity index (χ1n) is 2.87. The molecule has 0 aliphatic rings. The molecule has 0 aromatic rings. The minimum atomic E-state index is 0.964. The van der Waals surface area contributed by atoms with Crippen LogP contribution in [0.5, 0.6) is 0 Å². The van der Waals surface area contributed by atoms with Gasteiger partial charge in [0.1, 0.15) is 0 Å². The Balaban J connectivity index is 3.54. The Hall–Kier alpha value is -0.720. The predicted octanol–water partition coefficient (Wildman–Crippen LogP) is 1.69. The summed E-state index contributed by atoms with van der Waals surface area (Å²) in [7, 11) is 0. The molecule has 1 nitrogen and oxygen atoms in total.